The Morgan fingerprint density at radius 3 is 2.33 bits per heavy atom. The van der Waals surface area contributed by atoms with Gasteiger partial charge in [-0.2, -0.15) is 0 Å². The minimum Gasteiger partial charge on any atom is -0.368 e. The highest BCUT2D eigenvalue weighted by Gasteiger charge is 2.40. The molecular formula is C15H22N4O2. The van der Waals surface area contributed by atoms with E-state index in [0.717, 1.165) is 18.7 Å². The van der Waals surface area contributed by atoms with Gasteiger partial charge in [-0.3, -0.25) is 9.59 Å². The predicted octanol–water partition coefficient (Wildman–Crippen LogP) is 1.37. The van der Waals surface area contributed by atoms with Gasteiger partial charge in [0.15, 0.2) is 0 Å². The Kier molecular flexibility index (Phi) is 4.25. The van der Waals surface area contributed by atoms with Crippen LogP contribution in [0.4, 0.5) is 0 Å². The van der Waals surface area contributed by atoms with Crippen LogP contribution in [0.15, 0.2) is 12.4 Å². The normalized spacial score (nSPS) is 17.3. The summed E-state index contributed by atoms with van der Waals surface area (Å²) in [5, 5.41) is 2.77. The Morgan fingerprint density at radius 2 is 1.95 bits per heavy atom. The molecule has 2 amide bonds. The Hall–Kier alpha value is -1.98. The van der Waals surface area contributed by atoms with Gasteiger partial charge in [0.25, 0.3) is 5.91 Å². The third kappa shape index (κ3) is 3.04. The number of rotatable bonds is 6. The first-order chi connectivity index (χ1) is 9.90. The van der Waals surface area contributed by atoms with E-state index in [2.05, 4.69) is 15.3 Å². The molecule has 0 radical (unpaired) electrons. The topological polar surface area (TPSA) is 98.0 Å². The summed E-state index contributed by atoms with van der Waals surface area (Å²) >= 11 is 0. The second kappa shape index (κ2) is 5.79. The molecule has 2 rings (SSSR count). The smallest absolute Gasteiger partial charge is 0.255 e. The fourth-order valence-electron chi connectivity index (χ4n) is 2.44. The Labute approximate surface area is 124 Å². The molecule has 1 atom stereocenters. The number of hydrogen-bond acceptors (Lipinski definition) is 4. The number of nitrogens with one attached hydrogen (secondary N) is 1. The number of hydrogen-bond donors (Lipinski definition) is 2. The maximum Gasteiger partial charge on any atom is 0.255 e. The summed E-state index contributed by atoms with van der Waals surface area (Å²) in [6.07, 6.45) is 5.68. The molecule has 0 spiro atoms. The molecule has 3 N–H and O–H groups in total. The van der Waals surface area contributed by atoms with Crippen molar-refractivity contribution in [3.05, 3.63) is 23.8 Å². The van der Waals surface area contributed by atoms with Crippen LogP contribution in [0.2, 0.25) is 0 Å². The standard InChI is InChI=1S/C15H22N4O2/c1-4-15(9(2)3,14(16)21)19-13(20)11-7-17-12(18-8-11)10-5-6-10/h7-10H,4-6H2,1-3H3,(H2,16,21)(H,19,20). The van der Waals surface area contributed by atoms with Crippen LogP contribution >= 0.6 is 0 Å². The zero-order chi connectivity index (χ0) is 15.6. The van der Waals surface area contributed by atoms with Crippen molar-refractivity contribution in [2.24, 2.45) is 11.7 Å². The van der Waals surface area contributed by atoms with Crippen molar-refractivity contribution in [1.29, 1.82) is 0 Å². The predicted molar refractivity (Wildman–Crippen MR) is 78.5 cm³/mol. The third-order valence-electron chi connectivity index (χ3n) is 4.20. The van der Waals surface area contributed by atoms with Crippen molar-refractivity contribution in [3.63, 3.8) is 0 Å². The van der Waals surface area contributed by atoms with Crippen molar-refractivity contribution < 1.29 is 9.59 Å². The third-order valence-corrected chi connectivity index (χ3v) is 4.20. The zero-order valence-electron chi connectivity index (χ0n) is 12.7. The van der Waals surface area contributed by atoms with Crippen molar-refractivity contribution >= 4 is 11.8 Å². The summed E-state index contributed by atoms with van der Waals surface area (Å²) in [5.41, 5.74) is 4.79. The number of carbonyl (C=O) groups excluding carboxylic acids is 2. The molecule has 0 aliphatic heterocycles. The SMILES string of the molecule is CCC(NC(=O)c1cnc(C2CC2)nc1)(C(N)=O)C(C)C. The monoisotopic (exact) mass is 290 g/mol. The van der Waals surface area contributed by atoms with Crippen LogP contribution in [-0.4, -0.2) is 27.3 Å². The Balaban J connectivity index is 2.16. The van der Waals surface area contributed by atoms with Gasteiger partial charge >= 0.3 is 0 Å². The first-order valence-electron chi connectivity index (χ1n) is 7.35. The van der Waals surface area contributed by atoms with E-state index in [1.807, 2.05) is 20.8 Å². The van der Waals surface area contributed by atoms with E-state index in [-0.39, 0.29) is 11.8 Å². The molecule has 1 aliphatic rings. The molecule has 114 valence electrons. The van der Waals surface area contributed by atoms with Gasteiger partial charge in [0.1, 0.15) is 11.4 Å². The minimum atomic E-state index is -1.05. The highest BCUT2D eigenvalue weighted by Crippen LogP contribution is 2.37. The lowest BCUT2D eigenvalue weighted by Crippen LogP contribution is -2.60. The van der Waals surface area contributed by atoms with Gasteiger partial charge in [-0.15, -0.1) is 0 Å². The molecule has 6 heteroatoms. The van der Waals surface area contributed by atoms with E-state index in [4.69, 9.17) is 5.73 Å². The molecule has 0 aromatic carbocycles. The molecule has 1 unspecified atom stereocenters. The van der Waals surface area contributed by atoms with Crippen molar-refractivity contribution in [2.75, 3.05) is 0 Å². The Bertz CT molecular complexity index is 537. The van der Waals surface area contributed by atoms with Crippen LogP contribution < -0.4 is 11.1 Å². The molecule has 0 saturated heterocycles. The number of aromatic nitrogens is 2. The van der Waals surface area contributed by atoms with Gasteiger partial charge in [-0.1, -0.05) is 20.8 Å². The zero-order valence-corrected chi connectivity index (χ0v) is 12.7. The van der Waals surface area contributed by atoms with Gasteiger partial charge in [-0.05, 0) is 25.2 Å². The van der Waals surface area contributed by atoms with Gasteiger partial charge in [0.05, 0.1) is 5.56 Å². The maximum atomic E-state index is 12.3. The van der Waals surface area contributed by atoms with Gasteiger partial charge in [0, 0.05) is 18.3 Å². The summed E-state index contributed by atoms with van der Waals surface area (Å²) < 4.78 is 0. The Morgan fingerprint density at radius 1 is 1.38 bits per heavy atom. The molecule has 21 heavy (non-hydrogen) atoms. The lowest BCUT2D eigenvalue weighted by atomic mass is 9.83. The average molecular weight is 290 g/mol. The average Bonchev–Trinajstić information content (AvgIpc) is 3.28. The summed E-state index contributed by atoms with van der Waals surface area (Å²) in [6, 6.07) is 0. The number of primary amides is 1. The molecule has 0 bridgehead atoms. The van der Waals surface area contributed by atoms with E-state index in [0.29, 0.717) is 17.9 Å². The highest BCUT2D eigenvalue weighted by atomic mass is 16.2. The minimum absolute atomic E-state index is 0.101. The largest absolute Gasteiger partial charge is 0.368 e. The highest BCUT2D eigenvalue weighted by molar-refractivity contribution is 5.98. The quantitative estimate of drug-likeness (QED) is 0.826. The van der Waals surface area contributed by atoms with E-state index in [1.165, 1.54) is 12.4 Å². The van der Waals surface area contributed by atoms with Gasteiger partial charge in [0.2, 0.25) is 5.91 Å². The molecule has 1 aromatic heterocycles. The van der Waals surface area contributed by atoms with Crippen LogP contribution in [0.5, 0.6) is 0 Å². The second-order valence-electron chi connectivity index (χ2n) is 5.90. The van der Waals surface area contributed by atoms with E-state index in [9.17, 15) is 9.59 Å². The van der Waals surface area contributed by atoms with Crippen LogP contribution in [0.25, 0.3) is 0 Å². The van der Waals surface area contributed by atoms with Crippen molar-refractivity contribution in [3.8, 4) is 0 Å². The van der Waals surface area contributed by atoms with Crippen LogP contribution in [0, 0.1) is 5.92 Å². The summed E-state index contributed by atoms with van der Waals surface area (Å²) in [4.78, 5) is 32.6. The fraction of sp³-hybridized carbons (Fsp3) is 0.600. The molecule has 1 aliphatic carbocycles. The molecule has 1 saturated carbocycles. The molecule has 1 fully saturated rings. The van der Waals surface area contributed by atoms with E-state index >= 15 is 0 Å². The molecule has 1 heterocycles. The van der Waals surface area contributed by atoms with Crippen molar-refractivity contribution in [1.82, 2.24) is 15.3 Å². The first-order valence-corrected chi connectivity index (χ1v) is 7.35. The van der Waals surface area contributed by atoms with E-state index < -0.39 is 11.4 Å². The second-order valence-corrected chi connectivity index (χ2v) is 5.90. The molecule has 6 nitrogen and oxygen atoms in total. The number of amides is 2. The number of carbonyl (C=O) groups is 2. The van der Waals surface area contributed by atoms with Crippen LogP contribution in [-0.2, 0) is 4.79 Å². The van der Waals surface area contributed by atoms with Crippen molar-refractivity contribution in [2.45, 2.75) is 51.5 Å². The number of nitrogens with two attached hydrogens (primary N) is 1. The molecular weight excluding hydrogens is 268 g/mol. The van der Waals surface area contributed by atoms with E-state index in [1.54, 1.807) is 0 Å². The number of nitrogens with zero attached hydrogens (tertiary/aromatic N) is 2. The summed E-state index contributed by atoms with van der Waals surface area (Å²) in [5.74, 6) is 0.233. The summed E-state index contributed by atoms with van der Waals surface area (Å²) in [6.45, 7) is 5.56. The lowest BCUT2D eigenvalue weighted by Gasteiger charge is -2.34. The first kappa shape index (κ1) is 15.4. The fourth-order valence-corrected chi connectivity index (χ4v) is 2.44. The van der Waals surface area contributed by atoms with Gasteiger partial charge in [-0.25, -0.2) is 9.97 Å². The van der Waals surface area contributed by atoms with Crippen LogP contribution in [0.3, 0.4) is 0 Å². The maximum absolute atomic E-state index is 12.3. The van der Waals surface area contributed by atoms with Crippen LogP contribution in [0.1, 0.15) is 62.1 Å². The molecule has 1 aromatic rings. The lowest BCUT2D eigenvalue weighted by molar-refractivity contribution is -0.126. The van der Waals surface area contributed by atoms with Gasteiger partial charge < -0.3 is 11.1 Å². The summed E-state index contributed by atoms with van der Waals surface area (Å²) in [7, 11) is 0.